The Bertz CT molecular complexity index is 1570. The number of hydrogen-bond donors (Lipinski definition) is 2. The molecule has 4 rings (SSSR count). The number of aliphatic hydroxyl groups is 1. The number of halogens is 6. The minimum Gasteiger partial charge on any atom is -0.381 e. The molecule has 0 saturated carbocycles. The Hall–Kier alpha value is -2.37. The highest BCUT2D eigenvalue weighted by molar-refractivity contribution is 7.89. The number of thiazole rings is 1. The van der Waals surface area contributed by atoms with Crippen LogP contribution >= 0.6 is 34.5 Å². The Labute approximate surface area is 245 Å². The fraction of sp³-hybridized carbons (Fsp3) is 0.478. The maximum atomic E-state index is 13.7. The molecule has 1 aromatic carbocycles. The second kappa shape index (κ2) is 11.4. The van der Waals surface area contributed by atoms with E-state index in [1.54, 1.807) is 0 Å². The van der Waals surface area contributed by atoms with Crippen molar-refractivity contribution in [3.63, 3.8) is 0 Å². The van der Waals surface area contributed by atoms with E-state index in [1.807, 2.05) is 0 Å². The quantitative estimate of drug-likeness (QED) is 0.330. The summed E-state index contributed by atoms with van der Waals surface area (Å²) in [5.74, 6) is -0.773. The Balaban J connectivity index is 1.80. The number of aromatic nitrogens is 3. The van der Waals surface area contributed by atoms with Gasteiger partial charge in [-0.15, -0.1) is 11.3 Å². The van der Waals surface area contributed by atoms with Gasteiger partial charge in [0.2, 0.25) is 15.8 Å². The SMILES string of the molecule is CC(NS(=O)(=O)c1ccc(-c2sc(-c3noc(C(C)(C)O)n3)nc2C(=O)N2CCC(F)CC2)c(Cl)c1Cl)C(F)(F)F. The van der Waals surface area contributed by atoms with Gasteiger partial charge in [-0.2, -0.15) is 22.9 Å². The third-order valence-corrected chi connectivity index (χ3v) is 9.75. The second-order valence-electron chi connectivity index (χ2n) is 9.77. The molecule has 41 heavy (non-hydrogen) atoms. The van der Waals surface area contributed by atoms with Gasteiger partial charge < -0.3 is 14.5 Å². The van der Waals surface area contributed by atoms with Crippen LogP contribution < -0.4 is 4.72 Å². The van der Waals surface area contributed by atoms with E-state index in [0.717, 1.165) is 17.4 Å². The molecule has 1 atom stereocenters. The van der Waals surface area contributed by atoms with Gasteiger partial charge in [-0.05, 0) is 39.7 Å². The summed E-state index contributed by atoms with van der Waals surface area (Å²) in [6, 6.07) is -0.271. The molecule has 1 saturated heterocycles. The van der Waals surface area contributed by atoms with E-state index in [9.17, 15) is 35.9 Å². The summed E-state index contributed by atoms with van der Waals surface area (Å²) in [4.78, 5) is 22.8. The van der Waals surface area contributed by atoms with E-state index in [4.69, 9.17) is 27.7 Å². The van der Waals surface area contributed by atoms with Crippen molar-refractivity contribution in [1.29, 1.82) is 0 Å². The number of nitrogens with zero attached hydrogens (tertiary/aromatic N) is 4. The smallest absolute Gasteiger partial charge is 0.381 e. The van der Waals surface area contributed by atoms with Crippen molar-refractivity contribution in [2.75, 3.05) is 13.1 Å². The molecule has 1 fully saturated rings. The third-order valence-electron chi connectivity index (χ3n) is 6.09. The van der Waals surface area contributed by atoms with Crippen LogP contribution in [-0.2, 0) is 15.6 Å². The van der Waals surface area contributed by atoms with Crippen molar-refractivity contribution in [2.45, 2.75) is 62.5 Å². The lowest BCUT2D eigenvalue weighted by atomic mass is 10.1. The molecule has 0 radical (unpaired) electrons. The molecule has 224 valence electrons. The lowest BCUT2D eigenvalue weighted by molar-refractivity contribution is -0.147. The fourth-order valence-corrected chi connectivity index (χ4v) is 6.95. The average molecular weight is 660 g/mol. The summed E-state index contributed by atoms with van der Waals surface area (Å²) in [6.07, 6.45) is -5.66. The van der Waals surface area contributed by atoms with Crippen molar-refractivity contribution < 1.29 is 40.4 Å². The minimum atomic E-state index is -4.85. The zero-order valence-electron chi connectivity index (χ0n) is 21.6. The van der Waals surface area contributed by atoms with Crippen molar-refractivity contribution in [3.8, 4) is 21.3 Å². The monoisotopic (exact) mass is 659 g/mol. The first kappa shape index (κ1) is 31.6. The largest absolute Gasteiger partial charge is 0.404 e. The lowest BCUT2D eigenvalue weighted by Crippen LogP contribution is -2.43. The highest BCUT2D eigenvalue weighted by atomic mass is 35.5. The summed E-state index contributed by atoms with van der Waals surface area (Å²) in [7, 11) is -4.76. The summed E-state index contributed by atoms with van der Waals surface area (Å²) in [6.45, 7) is 3.70. The number of likely N-dealkylation sites (tertiary alicyclic amines) is 1. The first-order valence-electron chi connectivity index (χ1n) is 12.0. The Kier molecular flexibility index (Phi) is 8.76. The van der Waals surface area contributed by atoms with Crippen molar-refractivity contribution in [3.05, 3.63) is 33.8 Å². The van der Waals surface area contributed by atoms with Crippen LogP contribution in [0.25, 0.3) is 21.3 Å². The summed E-state index contributed by atoms with van der Waals surface area (Å²) in [5, 5.41) is 13.1. The molecule has 10 nitrogen and oxygen atoms in total. The van der Waals surface area contributed by atoms with Crippen LogP contribution in [0.4, 0.5) is 17.6 Å². The molecule has 1 aliphatic rings. The first-order chi connectivity index (χ1) is 18.9. The number of hydrogen-bond acceptors (Lipinski definition) is 9. The Morgan fingerprint density at radius 3 is 2.39 bits per heavy atom. The van der Waals surface area contributed by atoms with Crippen molar-refractivity contribution >= 4 is 50.5 Å². The molecule has 0 aliphatic carbocycles. The molecular weight excluding hydrogens is 637 g/mol. The first-order valence-corrected chi connectivity index (χ1v) is 15.0. The molecule has 2 N–H and O–H groups in total. The molecule has 3 aromatic rings. The van der Waals surface area contributed by atoms with E-state index in [2.05, 4.69) is 15.1 Å². The van der Waals surface area contributed by atoms with Crippen LogP contribution in [-0.4, -0.2) is 70.9 Å². The minimum absolute atomic E-state index is 0.0539. The van der Waals surface area contributed by atoms with Crippen LogP contribution in [0.2, 0.25) is 10.0 Å². The molecule has 0 bridgehead atoms. The van der Waals surface area contributed by atoms with Gasteiger partial charge >= 0.3 is 6.18 Å². The normalized spacial score (nSPS) is 16.3. The van der Waals surface area contributed by atoms with E-state index < -0.39 is 49.8 Å². The van der Waals surface area contributed by atoms with Gasteiger partial charge in [0.15, 0.2) is 5.01 Å². The predicted molar refractivity (Wildman–Crippen MR) is 142 cm³/mol. The number of amides is 1. The number of carbonyl (C=O) groups excluding carboxylic acids is 1. The maximum absolute atomic E-state index is 13.7. The van der Waals surface area contributed by atoms with Gasteiger partial charge in [-0.3, -0.25) is 4.79 Å². The molecule has 1 aliphatic heterocycles. The molecule has 1 unspecified atom stereocenters. The van der Waals surface area contributed by atoms with Crippen LogP contribution in [0.5, 0.6) is 0 Å². The van der Waals surface area contributed by atoms with Gasteiger partial charge in [0.1, 0.15) is 28.4 Å². The zero-order valence-corrected chi connectivity index (χ0v) is 24.7. The van der Waals surface area contributed by atoms with E-state index in [0.29, 0.717) is 6.92 Å². The summed E-state index contributed by atoms with van der Waals surface area (Å²) < 4.78 is 84.7. The molecule has 0 spiro atoms. The van der Waals surface area contributed by atoms with Gasteiger partial charge in [0.05, 0.1) is 14.9 Å². The maximum Gasteiger partial charge on any atom is 0.404 e. The highest BCUT2D eigenvalue weighted by Crippen LogP contribution is 2.43. The summed E-state index contributed by atoms with van der Waals surface area (Å²) >= 11 is 13.6. The van der Waals surface area contributed by atoms with Gasteiger partial charge in [-0.1, -0.05) is 34.4 Å². The van der Waals surface area contributed by atoms with Gasteiger partial charge in [-0.25, -0.2) is 17.8 Å². The standard InChI is InChI=1S/C23H23Cl2F4N5O5S2/c1-10(23(27,28)29)33-41(37,38)13-5-4-12(14(24)15(13)25)17-16(20(35)34-8-6-11(26)7-9-34)30-19(40-17)18-31-21(39-32-18)22(2,3)36/h4-5,10-11,33,36H,6-9H2,1-3H3. The number of rotatable bonds is 7. The van der Waals surface area contributed by atoms with Crippen molar-refractivity contribution in [1.82, 2.24) is 24.7 Å². The Morgan fingerprint density at radius 1 is 1.20 bits per heavy atom. The number of sulfonamides is 1. The van der Waals surface area contributed by atoms with Gasteiger partial charge in [0.25, 0.3) is 11.8 Å². The summed E-state index contributed by atoms with van der Waals surface area (Å²) in [5.41, 5.74) is -1.57. The average Bonchev–Trinajstić information content (AvgIpc) is 3.52. The van der Waals surface area contributed by atoms with Crippen molar-refractivity contribution in [2.24, 2.45) is 0 Å². The molecule has 2 aromatic heterocycles. The number of benzene rings is 1. The van der Waals surface area contributed by atoms with E-state index in [1.165, 1.54) is 29.5 Å². The zero-order chi connectivity index (χ0) is 30.5. The third kappa shape index (κ3) is 6.67. The van der Waals surface area contributed by atoms with Crippen LogP contribution in [0.15, 0.2) is 21.6 Å². The number of nitrogens with one attached hydrogen (secondary N) is 1. The topological polar surface area (TPSA) is 139 Å². The molecule has 3 heterocycles. The van der Waals surface area contributed by atoms with Gasteiger partial charge in [0, 0.05) is 18.7 Å². The fourth-order valence-electron chi connectivity index (χ4n) is 3.78. The van der Waals surface area contributed by atoms with E-state index >= 15 is 0 Å². The number of alkyl halides is 4. The van der Waals surface area contributed by atoms with Crippen LogP contribution in [0, 0.1) is 0 Å². The lowest BCUT2D eigenvalue weighted by Gasteiger charge is -2.28. The van der Waals surface area contributed by atoms with Crippen LogP contribution in [0.3, 0.4) is 0 Å². The Morgan fingerprint density at radius 2 is 1.83 bits per heavy atom. The molecule has 1 amide bonds. The number of piperidine rings is 1. The molecular formula is C23H23Cl2F4N5O5S2. The van der Waals surface area contributed by atoms with Crippen LogP contribution in [0.1, 0.15) is 50.0 Å². The highest BCUT2D eigenvalue weighted by Gasteiger charge is 2.40. The predicted octanol–water partition coefficient (Wildman–Crippen LogP) is 5.20. The van der Waals surface area contributed by atoms with E-state index in [-0.39, 0.29) is 63.8 Å². The molecule has 18 heteroatoms. The number of carbonyl (C=O) groups is 1. The second-order valence-corrected chi connectivity index (χ2v) is 13.2.